The molecular weight excluding hydrogens is 238 g/mol. The highest BCUT2D eigenvalue weighted by Crippen LogP contribution is 2.45. The Balaban J connectivity index is 2.49. The number of hydrogen-bond acceptors (Lipinski definition) is 3. The number of nitrogens with two attached hydrogens (primary N) is 1. The van der Waals surface area contributed by atoms with E-state index in [1.54, 1.807) is 7.11 Å². The molecule has 1 fully saturated rings. The van der Waals surface area contributed by atoms with Crippen LogP contribution in [0, 0.1) is 13.8 Å². The molecule has 3 nitrogen and oxygen atoms in total. The summed E-state index contributed by atoms with van der Waals surface area (Å²) >= 11 is 0. The van der Waals surface area contributed by atoms with Crippen LogP contribution in [0.25, 0.3) is 0 Å². The third-order valence-electron chi connectivity index (χ3n) is 3.74. The van der Waals surface area contributed by atoms with Crippen LogP contribution in [-0.4, -0.2) is 25.9 Å². The van der Waals surface area contributed by atoms with E-state index in [0.29, 0.717) is 0 Å². The van der Waals surface area contributed by atoms with Crippen LogP contribution >= 0.6 is 0 Å². The molecule has 0 aromatic heterocycles. The fourth-order valence-electron chi connectivity index (χ4n) is 3.32. The number of methoxy groups -OCH3 is 1. The molecule has 1 aromatic rings. The predicted octanol–water partition coefficient (Wildman–Crippen LogP) is 2.71. The highest BCUT2D eigenvalue weighted by Gasteiger charge is 2.46. The summed E-state index contributed by atoms with van der Waals surface area (Å²) in [6.45, 7) is 9.85. The molecule has 1 saturated heterocycles. The van der Waals surface area contributed by atoms with Crippen molar-refractivity contribution in [2.45, 2.75) is 45.1 Å². The van der Waals surface area contributed by atoms with E-state index in [1.165, 1.54) is 16.7 Å². The topological polar surface area (TPSA) is 44.5 Å². The van der Waals surface area contributed by atoms with Gasteiger partial charge in [-0.15, -0.1) is 0 Å². The Hall–Kier alpha value is -1.06. The summed E-state index contributed by atoms with van der Waals surface area (Å²) in [5.74, 6) is 0.963. The standard InChI is InChI=1S/C16H25NO2/c1-11-6-12(2)14(13(7-11)18-5)16(9-19-10-16)8-15(3,4)17/h6-7H,8-10,17H2,1-5H3. The van der Waals surface area contributed by atoms with Gasteiger partial charge in [-0.3, -0.25) is 0 Å². The molecule has 0 atom stereocenters. The van der Waals surface area contributed by atoms with Crippen molar-refractivity contribution in [3.8, 4) is 5.75 Å². The van der Waals surface area contributed by atoms with E-state index in [2.05, 4.69) is 39.8 Å². The van der Waals surface area contributed by atoms with Crippen LogP contribution < -0.4 is 10.5 Å². The van der Waals surface area contributed by atoms with Crippen LogP contribution in [0.5, 0.6) is 5.75 Å². The summed E-state index contributed by atoms with van der Waals surface area (Å²) in [4.78, 5) is 0. The van der Waals surface area contributed by atoms with Gasteiger partial charge in [-0.1, -0.05) is 6.07 Å². The molecule has 106 valence electrons. The van der Waals surface area contributed by atoms with Crippen molar-refractivity contribution in [3.05, 3.63) is 28.8 Å². The van der Waals surface area contributed by atoms with Gasteiger partial charge in [0.1, 0.15) is 5.75 Å². The molecule has 2 rings (SSSR count). The minimum Gasteiger partial charge on any atom is -0.496 e. The Morgan fingerprint density at radius 3 is 2.37 bits per heavy atom. The van der Waals surface area contributed by atoms with Gasteiger partial charge in [0, 0.05) is 16.5 Å². The first-order valence-electron chi connectivity index (χ1n) is 6.80. The third kappa shape index (κ3) is 2.77. The molecular formula is C16H25NO2. The van der Waals surface area contributed by atoms with Crippen molar-refractivity contribution in [1.82, 2.24) is 0 Å². The molecule has 0 aliphatic carbocycles. The number of hydrogen-bond donors (Lipinski definition) is 1. The van der Waals surface area contributed by atoms with Crippen molar-refractivity contribution >= 4 is 0 Å². The molecule has 1 aliphatic rings. The van der Waals surface area contributed by atoms with Gasteiger partial charge in [-0.2, -0.15) is 0 Å². The lowest BCUT2D eigenvalue weighted by molar-refractivity contribution is -0.0730. The lowest BCUT2D eigenvalue weighted by atomic mass is 9.69. The Bertz CT molecular complexity index is 470. The third-order valence-corrected chi connectivity index (χ3v) is 3.74. The SMILES string of the molecule is COc1cc(C)cc(C)c1C1(CC(C)(C)N)COC1. The Kier molecular flexibility index (Phi) is 3.63. The lowest BCUT2D eigenvalue weighted by Crippen LogP contribution is -2.53. The summed E-state index contributed by atoms with van der Waals surface area (Å²) in [6, 6.07) is 4.31. The molecule has 19 heavy (non-hydrogen) atoms. The van der Waals surface area contributed by atoms with Gasteiger partial charge >= 0.3 is 0 Å². The Labute approximate surface area is 116 Å². The first kappa shape index (κ1) is 14.4. The van der Waals surface area contributed by atoms with Crippen LogP contribution in [0.15, 0.2) is 12.1 Å². The smallest absolute Gasteiger partial charge is 0.123 e. The molecule has 3 heteroatoms. The summed E-state index contributed by atoms with van der Waals surface area (Å²) in [5.41, 5.74) is 9.79. The zero-order valence-electron chi connectivity index (χ0n) is 12.7. The minimum atomic E-state index is -0.216. The van der Waals surface area contributed by atoms with E-state index < -0.39 is 0 Å². The number of ether oxygens (including phenoxy) is 2. The molecule has 0 spiro atoms. The zero-order valence-corrected chi connectivity index (χ0v) is 12.7. The molecule has 0 saturated carbocycles. The molecule has 1 aliphatic heterocycles. The predicted molar refractivity (Wildman–Crippen MR) is 77.8 cm³/mol. The van der Waals surface area contributed by atoms with Gasteiger partial charge in [0.15, 0.2) is 0 Å². The number of rotatable bonds is 4. The molecule has 0 radical (unpaired) electrons. The highest BCUT2D eigenvalue weighted by atomic mass is 16.5. The summed E-state index contributed by atoms with van der Waals surface area (Å²) < 4.78 is 11.1. The second-order valence-electron chi connectivity index (χ2n) is 6.60. The van der Waals surface area contributed by atoms with Crippen LogP contribution in [0.4, 0.5) is 0 Å². The van der Waals surface area contributed by atoms with Crippen molar-refractivity contribution < 1.29 is 9.47 Å². The molecule has 0 amide bonds. The fraction of sp³-hybridized carbons (Fsp3) is 0.625. The van der Waals surface area contributed by atoms with Crippen LogP contribution in [-0.2, 0) is 10.2 Å². The van der Waals surface area contributed by atoms with Gasteiger partial charge in [0.05, 0.1) is 20.3 Å². The number of aryl methyl sites for hydroxylation is 2. The van der Waals surface area contributed by atoms with E-state index in [0.717, 1.165) is 25.4 Å². The zero-order chi connectivity index (χ0) is 14.3. The van der Waals surface area contributed by atoms with E-state index in [1.807, 2.05) is 0 Å². The quantitative estimate of drug-likeness (QED) is 0.908. The van der Waals surface area contributed by atoms with E-state index in [-0.39, 0.29) is 11.0 Å². The monoisotopic (exact) mass is 263 g/mol. The van der Waals surface area contributed by atoms with E-state index in [4.69, 9.17) is 15.2 Å². The summed E-state index contributed by atoms with van der Waals surface area (Å²) in [6.07, 6.45) is 0.903. The van der Waals surface area contributed by atoms with Gasteiger partial charge < -0.3 is 15.2 Å². The number of benzene rings is 1. The summed E-state index contributed by atoms with van der Waals surface area (Å²) in [7, 11) is 1.73. The maximum absolute atomic E-state index is 6.24. The van der Waals surface area contributed by atoms with Gasteiger partial charge in [-0.05, 0) is 51.3 Å². The minimum absolute atomic E-state index is 0.00137. The second-order valence-corrected chi connectivity index (χ2v) is 6.60. The maximum atomic E-state index is 6.24. The molecule has 1 aromatic carbocycles. The largest absolute Gasteiger partial charge is 0.496 e. The average Bonchev–Trinajstić information content (AvgIpc) is 2.21. The average molecular weight is 263 g/mol. The Morgan fingerprint density at radius 1 is 1.32 bits per heavy atom. The van der Waals surface area contributed by atoms with Crippen molar-refractivity contribution in [2.24, 2.45) is 5.73 Å². The van der Waals surface area contributed by atoms with Crippen LogP contribution in [0.2, 0.25) is 0 Å². The van der Waals surface area contributed by atoms with Crippen LogP contribution in [0.3, 0.4) is 0 Å². The second kappa shape index (κ2) is 4.80. The van der Waals surface area contributed by atoms with Gasteiger partial charge in [0.2, 0.25) is 0 Å². The molecule has 0 unspecified atom stereocenters. The first-order chi connectivity index (χ1) is 8.77. The first-order valence-corrected chi connectivity index (χ1v) is 6.80. The normalized spacial score (nSPS) is 18.0. The van der Waals surface area contributed by atoms with Crippen LogP contribution in [0.1, 0.15) is 37.0 Å². The lowest BCUT2D eigenvalue weighted by Gasteiger charge is -2.46. The molecule has 0 bridgehead atoms. The molecule has 2 N–H and O–H groups in total. The van der Waals surface area contributed by atoms with Crippen molar-refractivity contribution in [1.29, 1.82) is 0 Å². The molecule has 1 heterocycles. The summed E-state index contributed by atoms with van der Waals surface area (Å²) in [5, 5.41) is 0. The van der Waals surface area contributed by atoms with E-state index in [9.17, 15) is 0 Å². The van der Waals surface area contributed by atoms with Crippen molar-refractivity contribution in [2.75, 3.05) is 20.3 Å². The highest BCUT2D eigenvalue weighted by molar-refractivity contribution is 5.49. The van der Waals surface area contributed by atoms with Gasteiger partial charge in [0.25, 0.3) is 0 Å². The fourth-order valence-corrected chi connectivity index (χ4v) is 3.32. The maximum Gasteiger partial charge on any atom is 0.123 e. The Morgan fingerprint density at radius 2 is 1.95 bits per heavy atom. The van der Waals surface area contributed by atoms with E-state index >= 15 is 0 Å². The van der Waals surface area contributed by atoms with Crippen molar-refractivity contribution in [3.63, 3.8) is 0 Å². The van der Waals surface area contributed by atoms with Gasteiger partial charge in [-0.25, -0.2) is 0 Å².